The van der Waals surface area contributed by atoms with Gasteiger partial charge in [0.25, 0.3) is 0 Å². The van der Waals surface area contributed by atoms with E-state index < -0.39 is 0 Å². The van der Waals surface area contributed by atoms with E-state index in [0.717, 1.165) is 61.8 Å². The van der Waals surface area contributed by atoms with Gasteiger partial charge in [-0.15, -0.1) is 0 Å². The molecule has 6 nitrogen and oxygen atoms in total. The molecule has 1 unspecified atom stereocenters. The molecule has 4 aromatic carbocycles. The van der Waals surface area contributed by atoms with E-state index in [2.05, 4.69) is 133 Å². The zero-order valence-corrected chi connectivity index (χ0v) is 28.7. The molecule has 8 aromatic rings. The largest absolute Gasteiger partial charge is 0.457 e. The van der Waals surface area contributed by atoms with Crippen molar-refractivity contribution >= 4 is 27.5 Å². The minimum absolute atomic E-state index is 0.0180. The van der Waals surface area contributed by atoms with Gasteiger partial charge in [0, 0.05) is 63.8 Å². The van der Waals surface area contributed by atoms with Crippen molar-refractivity contribution in [2.24, 2.45) is 5.10 Å². The second kappa shape index (κ2) is 12.2. The number of pyridine rings is 3. The molecule has 9 rings (SSSR count). The molecule has 6 heteroatoms. The van der Waals surface area contributed by atoms with Gasteiger partial charge in [-0.2, -0.15) is 0 Å². The fraction of sp³-hybridized carbons (Fsp3) is 0.111. The number of benzene rings is 4. The standard InChI is InChI=1S/C45H36N5O/c1-45(2,3)34-16-19-39-38(27-34)37-18-17-36(28-41(37)50(39)42-20-15-33(29-47-42)30-21-23-46-24-22-30)51-35-13-9-12-32(26-35)44-43(31-10-5-4-6-11-31)40-14-7-8-25-49(40)48-44/h4-29,43H,1-3H3/q+1. The summed E-state index contributed by atoms with van der Waals surface area (Å²) < 4.78 is 10.9. The summed E-state index contributed by atoms with van der Waals surface area (Å²) in [5, 5.41) is 7.39. The molecular weight excluding hydrogens is 627 g/mol. The van der Waals surface area contributed by atoms with E-state index in [0.29, 0.717) is 0 Å². The van der Waals surface area contributed by atoms with E-state index in [1.165, 1.54) is 16.5 Å². The first-order valence-corrected chi connectivity index (χ1v) is 17.3. The lowest BCUT2D eigenvalue weighted by Gasteiger charge is -2.19. The van der Waals surface area contributed by atoms with E-state index >= 15 is 0 Å². The number of rotatable bonds is 6. The van der Waals surface area contributed by atoms with E-state index in [1.807, 2.05) is 47.4 Å². The molecule has 0 N–H and O–H groups in total. The maximum atomic E-state index is 6.65. The Kier molecular flexibility index (Phi) is 7.32. The highest BCUT2D eigenvalue weighted by atomic mass is 16.5. The number of hydrogen-bond donors (Lipinski definition) is 0. The Bertz CT molecular complexity index is 2580. The molecule has 1 aliphatic heterocycles. The minimum Gasteiger partial charge on any atom is -0.457 e. The van der Waals surface area contributed by atoms with Gasteiger partial charge in [-0.1, -0.05) is 74.0 Å². The molecule has 0 saturated carbocycles. The molecule has 1 atom stereocenters. The van der Waals surface area contributed by atoms with Crippen LogP contribution in [0.15, 0.2) is 163 Å². The van der Waals surface area contributed by atoms with Gasteiger partial charge in [0.15, 0.2) is 0 Å². The average Bonchev–Trinajstić information content (AvgIpc) is 3.71. The molecule has 4 aromatic heterocycles. The van der Waals surface area contributed by atoms with Crippen molar-refractivity contribution in [1.82, 2.24) is 14.5 Å². The van der Waals surface area contributed by atoms with Crippen LogP contribution < -0.4 is 9.41 Å². The Labute approximate surface area is 297 Å². The molecule has 0 radical (unpaired) electrons. The van der Waals surface area contributed by atoms with E-state index in [4.69, 9.17) is 14.8 Å². The SMILES string of the molecule is CC(C)(C)c1ccc2c(c1)c1ccc(Oc3cccc(C4=N[n+]5ccccc5C4c4ccccc4)c3)cc1n2-c1ccc(-c2ccncc2)cn1. The Morgan fingerprint density at radius 2 is 1.47 bits per heavy atom. The van der Waals surface area contributed by atoms with Gasteiger partial charge in [-0.05, 0) is 88.8 Å². The van der Waals surface area contributed by atoms with Crippen molar-refractivity contribution < 1.29 is 9.41 Å². The molecule has 0 aliphatic carbocycles. The normalized spacial score (nSPS) is 14.1. The predicted octanol–water partition coefficient (Wildman–Crippen LogP) is 10.0. The minimum atomic E-state index is 0.0180. The Morgan fingerprint density at radius 1 is 0.647 bits per heavy atom. The second-order valence-corrected chi connectivity index (χ2v) is 14.1. The van der Waals surface area contributed by atoms with Gasteiger partial charge in [-0.25, -0.2) is 4.98 Å². The summed E-state index contributed by atoms with van der Waals surface area (Å²) >= 11 is 0. The Hall–Kier alpha value is -6.40. The highest BCUT2D eigenvalue weighted by molar-refractivity contribution is 6.10. The van der Waals surface area contributed by atoms with Crippen LogP contribution in [-0.2, 0) is 5.41 Å². The molecule has 0 amide bonds. The first-order chi connectivity index (χ1) is 24.9. The van der Waals surface area contributed by atoms with Gasteiger partial charge in [-0.3, -0.25) is 9.55 Å². The third kappa shape index (κ3) is 5.55. The predicted molar refractivity (Wildman–Crippen MR) is 204 cm³/mol. The van der Waals surface area contributed by atoms with Gasteiger partial charge in [0.1, 0.15) is 28.9 Å². The number of hydrogen-bond acceptors (Lipinski definition) is 4. The van der Waals surface area contributed by atoms with Crippen LogP contribution in [0.4, 0.5) is 0 Å². The van der Waals surface area contributed by atoms with Gasteiger partial charge >= 0.3 is 0 Å². The highest BCUT2D eigenvalue weighted by Crippen LogP contribution is 2.38. The topological polar surface area (TPSA) is 56.2 Å². The molecule has 0 bridgehead atoms. The maximum absolute atomic E-state index is 6.65. The van der Waals surface area contributed by atoms with Crippen LogP contribution in [0, 0.1) is 0 Å². The van der Waals surface area contributed by atoms with Gasteiger partial charge < -0.3 is 4.74 Å². The lowest BCUT2D eigenvalue weighted by atomic mass is 9.86. The molecule has 0 spiro atoms. The van der Waals surface area contributed by atoms with E-state index in [1.54, 1.807) is 12.4 Å². The Balaban J connectivity index is 1.12. The lowest BCUT2D eigenvalue weighted by molar-refractivity contribution is -0.680. The van der Waals surface area contributed by atoms with Crippen molar-refractivity contribution in [2.75, 3.05) is 0 Å². The maximum Gasteiger partial charge on any atom is 0.228 e. The average molecular weight is 663 g/mol. The van der Waals surface area contributed by atoms with Crippen LogP contribution in [-0.4, -0.2) is 20.2 Å². The first kappa shape index (κ1) is 30.6. The third-order valence-electron chi connectivity index (χ3n) is 9.75. The summed E-state index contributed by atoms with van der Waals surface area (Å²) in [7, 11) is 0. The second-order valence-electron chi connectivity index (χ2n) is 14.1. The summed E-state index contributed by atoms with van der Waals surface area (Å²) in [5.41, 5.74) is 9.92. The molecule has 0 saturated heterocycles. The summed E-state index contributed by atoms with van der Waals surface area (Å²) in [6, 6.07) is 46.4. The van der Waals surface area contributed by atoms with E-state index in [-0.39, 0.29) is 11.3 Å². The molecule has 5 heterocycles. The molecular formula is C45H36N5O+. The zero-order chi connectivity index (χ0) is 34.5. The van der Waals surface area contributed by atoms with Crippen LogP contribution in [0.1, 0.15) is 49.1 Å². The summed E-state index contributed by atoms with van der Waals surface area (Å²) in [6.07, 6.45) is 7.56. The summed E-state index contributed by atoms with van der Waals surface area (Å²) in [6.45, 7) is 6.76. The number of nitrogens with zero attached hydrogens (tertiary/aromatic N) is 5. The van der Waals surface area contributed by atoms with Crippen molar-refractivity contribution in [3.8, 4) is 28.4 Å². The van der Waals surface area contributed by atoms with Crippen molar-refractivity contribution in [3.63, 3.8) is 0 Å². The van der Waals surface area contributed by atoms with Crippen molar-refractivity contribution in [3.05, 3.63) is 181 Å². The number of fused-ring (bicyclic) bond motifs is 4. The molecule has 51 heavy (non-hydrogen) atoms. The third-order valence-corrected chi connectivity index (χ3v) is 9.75. The van der Waals surface area contributed by atoms with Crippen molar-refractivity contribution in [1.29, 1.82) is 0 Å². The fourth-order valence-electron chi connectivity index (χ4n) is 7.15. The highest BCUT2D eigenvalue weighted by Gasteiger charge is 2.37. The smallest absolute Gasteiger partial charge is 0.228 e. The van der Waals surface area contributed by atoms with Crippen molar-refractivity contribution in [2.45, 2.75) is 32.1 Å². The quantitative estimate of drug-likeness (QED) is 0.167. The summed E-state index contributed by atoms with van der Waals surface area (Å²) in [5.74, 6) is 2.36. The fourth-order valence-corrected chi connectivity index (χ4v) is 7.15. The van der Waals surface area contributed by atoms with Gasteiger partial charge in [0.2, 0.25) is 11.9 Å². The van der Waals surface area contributed by atoms with Crippen LogP contribution in [0.2, 0.25) is 0 Å². The zero-order valence-electron chi connectivity index (χ0n) is 28.7. The number of ether oxygens (including phenoxy) is 1. The summed E-state index contributed by atoms with van der Waals surface area (Å²) in [4.78, 5) is 9.14. The van der Waals surface area contributed by atoms with E-state index in [9.17, 15) is 0 Å². The van der Waals surface area contributed by atoms with Gasteiger partial charge in [0.05, 0.1) is 11.0 Å². The lowest BCUT2D eigenvalue weighted by Crippen LogP contribution is -2.28. The first-order valence-electron chi connectivity index (χ1n) is 17.3. The Morgan fingerprint density at radius 3 is 2.27 bits per heavy atom. The van der Waals surface area contributed by atoms with Crippen LogP contribution in [0.25, 0.3) is 38.8 Å². The monoisotopic (exact) mass is 662 g/mol. The number of aromatic nitrogens is 4. The van der Waals surface area contributed by atoms with Crippen LogP contribution in [0.5, 0.6) is 11.5 Å². The molecule has 0 fully saturated rings. The molecule has 246 valence electrons. The van der Waals surface area contributed by atoms with Crippen LogP contribution in [0.3, 0.4) is 0 Å². The van der Waals surface area contributed by atoms with Crippen LogP contribution >= 0.6 is 0 Å². The molecule has 1 aliphatic rings.